The summed E-state index contributed by atoms with van der Waals surface area (Å²) in [6, 6.07) is 5.75. The molecule has 1 fully saturated rings. The summed E-state index contributed by atoms with van der Waals surface area (Å²) in [6.45, 7) is 7.65. The van der Waals surface area contributed by atoms with Crippen molar-refractivity contribution in [2.75, 3.05) is 25.2 Å². The predicted molar refractivity (Wildman–Crippen MR) is 104 cm³/mol. The van der Waals surface area contributed by atoms with Crippen LogP contribution in [0, 0.1) is 0 Å². The van der Waals surface area contributed by atoms with Crippen molar-refractivity contribution >= 4 is 11.6 Å². The zero-order valence-corrected chi connectivity index (χ0v) is 16.4. The van der Waals surface area contributed by atoms with E-state index in [4.69, 9.17) is 14.2 Å². The SMILES string of the molecule is C=CC[C@@](C=C)(COC1CCCCO1)N(C(=O)C(F)(F)F)c1ccc(OC)cc1. The van der Waals surface area contributed by atoms with E-state index in [9.17, 15) is 18.0 Å². The van der Waals surface area contributed by atoms with Crippen molar-refractivity contribution in [2.24, 2.45) is 0 Å². The average Bonchev–Trinajstić information content (AvgIpc) is 2.72. The molecule has 1 aliphatic heterocycles. The molecule has 0 radical (unpaired) electrons. The van der Waals surface area contributed by atoms with E-state index in [0.717, 1.165) is 12.8 Å². The lowest BCUT2D eigenvalue weighted by Gasteiger charge is -2.42. The first-order valence-corrected chi connectivity index (χ1v) is 9.30. The highest BCUT2D eigenvalue weighted by Gasteiger charge is 2.50. The molecule has 1 amide bonds. The number of anilines is 1. The van der Waals surface area contributed by atoms with Gasteiger partial charge in [0.2, 0.25) is 0 Å². The molecule has 2 atom stereocenters. The average molecular weight is 413 g/mol. The maximum atomic E-state index is 13.5. The number of carbonyl (C=O) groups is 1. The normalized spacial score (nSPS) is 19.1. The Balaban J connectivity index is 2.44. The van der Waals surface area contributed by atoms with E-state index >= 15 is 0 Å². The number of hydrogen-bond donors (Lipinski definition) is 0. The summed E-state index contributed by atoms with van der Waals surface area (Å²) >= 11 is 0. The van der Waals surface area contributed by atoms with E-state index in [1.165, 1.54) is 43.5 Å². The van der Waals surface area contributed by atoms with Crippen LogP contribution in [0.1, 0.15) is 25.7 Å². The third kappa shape index (κ3) is 5.61. The van der Waals surface area contributed by atoms with Crippen molar-refractivity contribution in [3.8, 4) is 5.75 Å². The molecular formula is C21H26F3NO4. The first kappa shape index (κ1) is 23.0. The lowest BCUT2D eigenvalue weighted by molar-refractivity contribution is -0.178. The van der Waals surface area contributed by atoms with Gasteiger partial charge in [0.15, 0.2) is 6.29 Å². The summed E-state index contributed by atoms with van der Waals surface area (Å²) in [5.74, 6) is -1.56. The van der Waals surface area contributed by atoms with Gasteiger partial charge in [-0.3, -0.25) is 9.69 Å². The Hall–Kier alpha value is -2.32. The number of halogens is 3. The minimum atomic E-state index is -5.09. The van der Waals surface area contributed by atoms with Gasteiger partial charge in [0.05, 0.1) is 19.3 Å². The molecule has 0 saturated carbocycles. The molecular weight excluding hydrogens is 387 g/mol. The highest BCUT2D eigenvalue weighted by Crippen LogP contribution is 2.35. The fourth-order valence-electron chi connectivity index (χ4n) is 3.21. The molecule has 1 aliphatic rings. The van der Waals surface area contributed by atoms with E-state index < -0.39 is 23.9 Å². The van der Waals surface area contributed by atoms with Gasteiger partial charge in [0.1, 0.15) is 5.75 Å². The minimum absolute atomic E-state index is 0.0110. The summed E-state index contributed by atoms with van der Waals surface area (Å²) in [5.41, 5.74) is -1.45. The summed E-state index contributed by atoms with van der Waals surface area (Å²) in [5, 5.41) is 0. The second-order valence-electron chi connectivity index (χ2n) is 6.74. The monoisotopic (exact) mass is 413 g/mol. The maximum absolute atomic E-state index is 13.5. The second kappa shape index (κ2) is 9.93. The highest BCUT2D eigenvalue weighted by molar-refractivity contribution is 5.99. The number of amides is 1. The van der Waals surface area contributed by atoms with E-state index in [-0.39, 0.29) is 18.7 Å². The third-order valence-corrected chi connectivity index (χ3v) is 4.76. The van der Waals surface area contributed by atoms with Crippen molar-refractivity contribution in [3.05, 3.63) is 49.6 Å². The van der Waals surface area contributed by atoms with Gasteiger partial charge in [0.25, 0.3) is 0 Å². The van der Waals surface area contributed by atoms with E-state index in [1.54, 1.807) is 0 Å². The predicted octanol–water partition coefficient (Wildman–Crippen LogP) is 4.63. The largest absolute Gasteiger partial charge is 0.497 e. The summed E-state index contributed by atoms with van der Waals surface area (Å²) < 4.78 is 56.8. The van der Waals surface area contributed by atoms with Crippen LogP contribution in [-0.2, 0) is 14.3 Å². The van der Waals surface area contributed by atoms with Crippen molar-refractivity contribution in [1.29, 1.82) is 0 Å². The first-order chi connectivity index (χ1) is 13.8. The number of nitrogens with zero attached hydrogens (tertiary/aromatic N) is 1. The Morgan fingerprint density at radius 1 is 1.28 bits per heavy atom. The molecule has 1 aromatic carbocycles. The summed E-state index contributed by atoms with van der Waals surface area (Å²) in [6.07, 6.45) is -0.435. The third-order valence-electron chi connectivity index (χ3n) is 4.76. The fourth-order valence-corrected chi connectivity index (χ4v) is 3.21. The number of rotatable bonds is 9. The van der Waals surface area contributed by atoms with Crippen molar-refractivity contribution in [2.45, 2.75) is 43.7 Å². The summed E-state index contributed by atoms with van der Waals surface area (Å²) in [7, 11) is 1.44. The highest BCUT2D eigenvalue weighted by atomic mass is 19.4. The molecule has 1 heterocycles. The first-order valence-electron chi connectivity index (χ1n) is 9.30. The van der Waals surface area contributed by atoms with Crippen LogP contribution in [0.25, 0.3) is 0 Å². The van der Waals surface area contributed by atoms with Crippen LogP contribution < -0.4 is 9.64 Å². The van der Waals surface area contributed by atoms with Crippen LogP contribution in [-0.4, -0.2) is 44.2 Å². The van der Waals surface area contributed by atoms with Gasteiger partial charge in [-0.05, 0) is 49.9 Å². The van der Waals surface area contributed by atoms with E-state index in [0.29, 0.717) is 23.7 Å². The number of ether oxygens (including phenoxy) is 3. The Kier molecular flexibility index (Phi) is 7.87. The lowest BCUT2D eigenvalue weighted by atomic mass is 9.92. The molecule has 0 aliphatic carbocycles. The molecule has 29 heavy (non-hydrogen) atoms. The van der Waals surface area contributed by atoms with Crippen LogP contribution in [0.4, 0.5) is 18.9 Å². The quantitative estimate of drug-likeness (QED) is 0.554. The fraction of sp³-hybridized carbons (Fsp3) is 0.476. The van der Waals surface area contributed by atoms with Gasteiger partial charge < -0.3 is 14.2 Å². The van der Waals surface area contributed by atoms with Crippen molar-refractivity contribution < 1.29 is 32.2 Å². The number of methoxy groups -OCH3 is 1. The molecule has 0 N–H and O–H groups in total. The van der Waals surface area contributed by atoms with E-state index in [2.05, 4.69) is 13.2 Å². The zero-order chi connectivity index (χ0) is 21.5. The molecule has 2 rings (SSSR count). The molecule has 160 valence electrons. The van der Waals surface area contributed by atoms with Crippen LogP contribution in [0.2, 0.25) is 0 Å². The molecule has 0 bridgehead atoms. The minimum Gasteiger partial charge on any atom is -0.497 e. The van der Waals surface area contributed by atoms with Gasteiger partial charge in [-0.15, -0.1) is 13.2 Å². The number of benzene rings is 1. The van der Waals surface area contributed by atoms with Gasteiger partial charge in [-0.1, -0.05) is 12.2 Å². The van der Waals surface area contributed by atoms with Gasteiger partial charge in [-0.2, -0.15) is 13.2 Å². The van der Waals surface area contributed by atoms with Crippen LogP contribution in [0.3, 0.4) is 0 Å². The topological polar surface area (TPSA) is 48.0 Å². The Labute approximate surface area is 168 Å². The van der Waals surface area contributed by atoms with Crippen LogP contribution >= 0.6 is 0 Å². The standard InChI is InChI=1S/C21H26F3NO4/c1-4-13-20(5-2,15-29-18-8-6-7-14-28-18)25(19(26)21(22,23)24)16-9-11-17(27-3)12-10-16/h4-5,9-12,18H,1-2,6-8,13-15H2,3H3/t18?,20-/m0/s1. The lowest BCUT2D eigenvalue weighted by Crippen LogP contribution is -2.58. The second-order valence-corrected chi connectivity index (χ2v) is 6.74. The molecule has 8 heteroatoms. The van der Waals surface area contributed by atoms with Crippen molar-refractivity contribution in [1.82, 2.24) is 0 Å². The van der Waals surface area contributed by atoms with Gasteiger partial charge in [-0.25, -0.2) is 0 Å². The molecule has 1 unspecified atom stereocenters. The Bertz CT molecular complexity index is 699. The van der Waals surface area contributed by atoms with Crippen LogP contribution in [0.5, 0.6) is 5.75 Å². The Morgan fingerprint density at radius 2 is 1.97 bits per heavy atom. The number of carbonyl (C=O) groups excluding carboxylic acids is 1. The Morgan fingerprint density at radius 3 is 2.45 bits per heavy atom. The molecule has 1 aromatic rings. The van der Waals surface area contributed by atoms with Crippen molar-refractivity contribution in [3.63, 3.8) is 0 Å². The molecule has 1 saturated heterocycles. The van der Waals surface area contributed by atoms with Crippen LogP contribution in [0.15, 0.2) is 49.6 Å². The molecule has 0 spiro atoms. The molecule has 0 aromatic heterocycles. The number of alkyl halides is 3. The smallest absolute Gasteiger partial charge is 0.471 e. The number of hydrogen-bond acceptors (Lipinski definition) is 4. The van der Waals surface area contributed by atoms with E-state index in [1.807, 2.05) is 0 Å². The van der Waals surface area contributed by atoms with Gasteiger partial charge >= 0.3 is 12.1 Å². The maximum Gasteiger partial charge on any atom is 0.471 e. The van der Waals surface area contributed by atoms with Gasteiger partial charge in [0, 0.05) is 12.3 Å². The summed E-state index contributed by atoms with van der Waals surface area (Å²) in [4.78, 5) is 13.1. The molecule has 5 nitrogen and oxygen atoms in total. The zero-order valence-electron chi connectivity index (χ0n) is 16.4.